The Hall–Kier alpha value is -0.150. The maximum Gasteiger partial charge on any atom is 0.196 e. The number of aliphatic hydroxyl groups excluding tert-OH is 2. The number of hydrogen-bond acceptors (Lipinski definition) is 2. The predicted octanol–water partition coefficient (Wildman–Crippen LogP) is 2.00. The molecule has 3 heteroatoms. The third-order valence-electron chi connectivity index (χ3n) is 1.85. The topological polar surface area (TPSA) is 40.5 Å². The molecule has 0 aliphatic heterocycles. The number of rotatable bonds is 8. The highest BCUT2D eigenvalue weighted by molar-refractivity contribution is 4.46. The van der Waals surface area contributed by atoms with Crippen molar-refractivity contribution in [3.8, 4) is 0 Å². The minimum absolute atomic E-state index is 0.264. The zero-order chi connectivity index (χ0) is 9.23. The van der Waals surface area contributed by atoms with E-state index in [4.69, 9.17) is 10.2 Å². The third kappa shape index (κ3) is 9.85. The van der Waals surface area contributed by atoms with Gasteiger partial charge in [-0.25, -0.2) is 4.39 Å². The Morgan fingerprint density at radius 1 is 0.917 bits per heavy atom. The van der Waals surface area contributed by atoms with Crippen molar-refractivity contribution in [3.63, 3.8) is 0 Å². The van der Waals surface area contributed by atoms with E-state index in [1.807, 2.05) is 0 Å². The summed E-state index contributed by atoms with van der Waals surface area (Å²) in [4.78, 5) is 0. The fraction of sp³-hybridized carbons (Fsp3) is 1.00. The number of unbranched alkanes of at least 4 members (excludes halogenated alkanes) is 5. The average molecular weight is 178 g/mol. The van der Waals surface area contributed by atoms with Crippen LogP contribution in [0.4, 0.5) is 4.39 Å². The Labute approximate surface area is 73.4 Å². The molecule has 0 aliphatic rings. The van der Waals surface area contributed by atoms with Crippen molar-refractivity contribution in [1.29, 1.82) is 0 Å². The maximum absolute atomic E-state index is 11.9. The highest BCUT2D eigenvalue weighted by atomic mass is 19.1. The van der Waals surface area contributed by atoms with Gasteiger partial charge < -0.3 is 10.2 Å². The smallest absolute Gasteiger partial charge is 0.196 e. The van der Waals surface area contributed by atoms with E-state index in [1.54, 1.807) is 0 Å². The molecule has 0 fully saturated rings. The molecule has 0 rings (SSSR count). The molecule has 0 aromatic carbocycles. The van der Waals surface area contributed by atoms with Gasteiger partial charge in [0.15, 0.2) is 6.36 Å². The van der Waals surface area contributed by atoms with E-state index >= 15 is 0 Å². The zero-order valence-electron chi connectivity index (χ0n) is 7.51. The lowest BCUT2D eigenvalue weighted by molar-refractivity contribution is 0.0323. The summed E-state index contributed by atoms with van der Waals surface area (Å²) in [5.74, 6) is 0. The van der Waals surface area contributed by atoms with E-state index in [9.17, 15) is 4.39 Å². The molecule has 0 spiro atoms. The summed E-state index contributed by atoms with van der Waals surface area (Å²) in [5, 5.41) is 16.8. The molecule has 0 aromatic rings. The fourth-order valence-corrected chi connectivity index (χ4v) is 1.13. The van der Waals surface area contributed by atoms with Gasteiger partial charge in [-0.2, -0.15) is 0 Å². The van der Waals surface area contributed by atoms with Gasteiger partial charge in [0.25, 0.3) is 0 Å². The fourth-order valence-electron chi connectivity index (χ4n) is 1.13. The molecule has 0 aromatic heterocycles. The molecule has 2 nitrogen and oxygen atoms in total. The average Bonchev–Trinajstić information content (AvgIpc) is 2.02. The quantitative estimate of drug-likeness (QED) is 0.558. The van der Waals surface area contributed by atoms with Gasteiger partial charge in [-0.15, -0.1) is 0 Å². The van der Waals surface area contributed by atoms with E-state index in [-0.39, 0.29) is 13.0 Å². The second-order valence-corrected chi connectivity index (χ2v) is 3.07. The summed E-state index contributed by atoms with van der Waals surface area (Å²) in [6.07, 6.45) is 4.46. The maximum atomic E-state index is 11.9. The first-order valence-corrected chi connectivity index (χ1v) is 4.70. The minimum atomic E-state index is -1.64. The Morgan fingerprint density at radius 2 is 1.42 bits per heavy atom. The van der Waals surface area contributed by atoms with Crippen LogP contribution in [0.5, 0.6) is 0 Å². The van der Waals surface area contributed by atoms with Crippen LogP contribution in [0.2, 0.25) is 0 Å². The van der Waals surface area contributed by atoms with Crippen molar-refractivity contribution < 1.29 is 14.6 Å². The zero-order valence-corrected chi connectivity index (χ0v) is 7.51. The molecular weight excluding hydrogens is 159 g/mol. The van der Waals surface area contributed by atoms with Crippen molar-refractivity contribution in [1.82, 2.24) is 0 Å². The van der Waals surface area contributed by atoms with Crippen LogP contribution >= 0.6 is 0 Å². The van der Waals surface area contributed by atoms with Gasteiger partial charge in [-0.1, -0.05) is 25.7 Å². The molecule has 0 aliphatic carbocycles. The van der Waals surface area contributed by atoms with Gasteiger partial charge in [0, 0.05) is 13.0 Å². The summed E-state index contributed by atoms with van der Waals surface area (Å²) < 4.78 is 11.9. The molecule has 12 heavy (non-hydrogen) atoms. The Morgan fingerprint density at radius 3 is 1.92 bits per heavy atom. The van der Waals surface area contributed by atoms with Crippen molar-refractivity contribution >= 4 is 0 Å². The summed E-state index contributed by atoms with van der Waals surface area (Å²) in [6, 6.07) is 0. The van der Waals surface area contributed by atoms with Gasteiger partial charge in [-0.3, -0.25) is 0 Å². The third-order valence-corrected chi connectivity index (χ3v) is 1.85. The van der Waals surface area contributed by atoms with Crippen LogP contribution in [0.15, 0.2) is 0 Å². The second kappa shape index (κ2) is 8.94. The highest BCUT2D eigenvalue weighted by Crippen LogP contribution is 2.08. The largest absolute Gasteiger partial charge is 0.396 e. The van der Waals surface area contributed by atoms with Crippen molar-refractivity contribution in [2.75, 3.05) is 6.61 Å². The first-order chi connectivity index (χ1) is 5.77. The van der Waals surface area contributed by atoms with E-state index in [1.165, 1.54) is 0 Å². The molecule has 0 saturated carbocycles. The molecule has 1 atom stereocenters. The lowest BCUT2D eigenvalue weighted by Gasteiger charge is -2.01. The minimum Gasteiger partial charge on any atom is -0.396 e. The van der Waals surface area contributed by atoms with Crippen LogP contribution in [0.25, 0.3) is 0 Å². The van der Waals surface area contributed by atoms with E-state index in [0.717, 1.165) is 38.5 Å². The van der Waals surface area contributed by atoms with Crippen LogP contribution in [0.3, 0.4) is 0 Å². The van der Waals surface area contributed by atoms with Crippen LogP contribution in [0.1, 0.15) is 44.9 Å². The monoisotopic (exact) mass is 178 g/mol. The summed E-state index contributed by atoms with van der Waals surface area (Å²) in [7, 11) is 0. The van der Waals surface area contributed by atoms with Crippen LogP contribution in [-0.4, -0.2) is 23.2 Å². The summed E-state index contributed by atoms with van der Waals surface area (Å²) in [6.45, 7) is 0.267. The molecule has 0 bridgehead atoms. The first-order valence-electron chi connectivity index (χ1n) is 4.70. The van der Waals surface area contributed by atoms with E-state index < -0.39 is 6.36 Å². The normalized spacial score (nSPS) is 13.2. The van der Waals surface area contributed by atoms with Crippen molar-refractivity contribution in [2.45, 2.75) is 51.3 Å². The standard InChI is InChI=1S/C9H19FO2/c10-9(12)7-5-3-1-2-4-6-8-11/h9,11-12H,1-8H2. The first kappa shape index (κ1) is 11.8. The summed E-state index contributed by atoms with van der Waals surface area (Å²) >= 11 is 0. The molecule has 74 valence electrons. The lowest BCUT2D eigenvalue weighted by atomic mass is 10.1. The molecule has 0 heterocycles. The number of hydrogen-bond donors (Lipinski definition) is 2. The molecule has 2 N–H and O–H groups in total. The SMILES string of the molecule is OCCCCCCCCC(O)F. The van der Waals surface area contributed by atoms with Crippen LogP contribution < -0.4 is 0 Å². The number of aliphatic hydroxyl groups is 2. The van der Waals surface area contributed by atoms with E-state index in [2.05, 4.69) is 0 Å². The molecule has 0 amide bonds. The van der Waals surface area contributed by atoms with Gasteiger partial charge in [-0.05, 0) is 12.8 Å². The Bertz CT molecular complexity index is 86.6. The van der Waals surface area contributed by atoms with E-state index in [0.29, 0.717) is 0 Å². The van der Waals surface area contributed by atoms with Crippen LogP contribution in [0, 0.1) is 0 Å². The predicted molar refractivity (Wildman–Crippen MR) is 46.5 cm³/mol. The molecule has 0 saturated heterocycles. The number of alkyl halides is 1. The summed E-state index contributed by atoms with van der Waals surface area (Å²) in [5.41, 5.74) is 0. The second-order valence-electron chi connectivity index (χ2n) is 3.07. The van der Waals surface area contributed by atoms with Gasteiger partial charge in [0.1, 0.15) is 0 Å². The Kier molecular flexibility index (Phi) is 8.83. The van der Waals surface area contributed by atoms with Gasteiger partial charge >= 0.3 is 0 Å². The van der Waals surface area contributed by atoms with Crippen molar-refractivity contribution in [2.24, 2.45) is 0 Å². The van der Waals surface area contributed by atoms with Crippen LogP contribution in [-0.2, 0) is 0 Å². The molecule has 1 unspecified atom stereocenters. The highest BCUT2D eigenvalue weighted by Gasteiger charge is 1.98. The van der Waals surface area contributed by atoms with Gasteiger partial charge in [0.2, 0.25) is 0 Å². The number of halogens is 1. The Balaban J connectivity index is 2.82. The molecule has 0 radical (unpaired) electrons. The lowest BCUT2D eigenvalue weighted by Crippen LogP contribution is -1.96. The molecular formula is C9H19FO2. The van der Waals surface area contributed by atoms with Crippen molar-refractivity contribution in [3.05, 3.63) is 0 Å². The van der Waals surface area contributed by atoms with Gasteiger partial charge in [0.05, 0.1) is 0 Å².